The van der Waals surface area contributed by atoms with E-state index < -0.39 is 6.04 Å². The molecule has 0 aromatic carbocycles. The summed E-state index contributed by atoms with van der Waals surface area (Å²) in [6.45, 7) is 5.83. The fourth-order valence-corrected chi connectivity index (χ4v) is 0.455. The van der Waals surface area contributed by atoms with Gasteiger partial charge in [-0.15, -0.1) is 0 Å². The van der Waals surface area contributed by atoms with Crippen molar-refractivity contribution in [1.82, 2.24) is 5.32 Å². The highest BCUT2D eigenvalue weighted by atomic mass is 16.5. The molecule has 0 aliphatic carbocycles. The first kappa shape index (κ1) is 11.4. The van der Waals surface area contributed by atoms with Gasteiger partial charge in [0.15, 0.2) is 0 Å². The van der Waals surface area contributed by atoms with E-state index in [1.165, 1.54) is 0 Å². The van der Waals surface area contributed by atoms with Gasteiger partial charge in [0.1, 0.15) is 12.6 Å². The summed E-state index contributed by atoms with van der Waals surface area (Å²) < 4.78 is 4.93. The van der Waals surface area contributed by atoms with Crippen molar-refractivity contribution in [3.05, 3.63) is 0 Å². The lowest BCUT2D eigenvalue weighted by molar-refractivity contribution is -0.146. The summed E-state index contributed by atoms with van der Waals surface area (Å²) in [5.41, 5.74) is 5.12. The molecule has 4 heteroatoms. The Balaban J connectivity index is 3.76. The zero-order chi connectivity index (χ0) is 9.78. The average molecular weight is 174 g/mol. The summed E-state index contributed by atoms with van der Waals surface area (Å²) in [4.78, 5) is 10.9. The fourth-order valence-electron chi connectivity index (χ4n) is 0.455. The summed E-state index contributed by atoms with van der Waals surface area (Å²) in [6, 6.07) is -0.544. The number of nitrogens with two attached hydrogens (primary N) is 1. The van der Waals surface area contributed by atoms with Crippen LogP contribution < -0.4 is 11.1 Å². The van der Waals surface area contributed by atoms with Gasteiger partial charge in [-0.3, -0.25) is 4.79 Å². The van der Waals surface area contributed by atoms with Crippen LogP contribution in [0.4, 0.5) is 0 Å². The van der Waals surface area contributed by atoms with E-state index in [2.05, 4.69) is 5.32 Å². The number of likely N-dealkylation sites (N-methyl/N-ethyl adjacent to an activating group) is 1. The Hall–Kier alpha value is -0.610. The minimum absolute atomic E-state index is 0.190. The van der Waals surface area contributed by atoms with Crippen molar-refractivity contribution in [3.63, 3.8) is 0 Å². The van der Waals surface area contributed by atoms with Crippen molar-refractivity contribution in [3.8, 4) is 0 Å². The SMILES string of the molecule is CNC(C)(C)COC(=O)[C@H](C)N. The van der Waals surface area contributed by atoms with Gasteiger partial charge < -0.3 is 15.8 Å². The van der Waals surface area contributed by atoms with E-state index in [1.54, 1.807) is 6.92 Å². The second-order valence-corrected chi connectivity index (χ2v) is 3.53. The summed E-state index contributed by atoms with van der Waals surface area (Å²) in [5.74, 6) is -0.363. The minimum Gasteiger partial charge on any atom is -0.463 e. The summed E-state index contributed by atoms with van der Waals surface area (Å²) in [6.07, 6.45) is 0. The van der Waals surface area contributed by atoms with Gasteiger partial charge in [-0.2, -0.15) is 0 Å². The molecule has 0 saturated carbocycles. The summed E-state index contributed by atoms with van der Waals surface area (Å²) in [5, 5.41) is 3.02. The van der Waals surface area contributed by atoms with E-state index in [0.717, 1.165) is 0 Å². The third-order valence-electron chi connectivity index (χ3n) is 1.62. The third-order valence-corrected chi connectivity index (χ3v) is 1.62. The normalized spacial score (nSPS) is 14.1. The van der Waals surface area contributed by atoms with Crippen LogP contribution in [0.3, 0.4) is 0 Å². The first-order valence-electron chi connectivity index (χ1n) is 4.00. The van der Waals surface area contributed by atoms with Gasteiger partial charge in [0.05, 0.1) is 0 Å². The predicted octanol–water partition coefficient (Wildman–Crippen LogP) is -0.125. The Labute approximate surface area is 73.5 Å². The van der Waals surface area contributed by atoms with Crippen molar-refractivity contribution in [1.29, 1.82) is 0 Å². The van der Waals surface area contributed by atoms with Crippen molar-refractivity contribution in [2.24, 2.45) is 5.73 Å². The van der Waals surface area contributed by atoms with Crippen LogP contribution in [-0.4, -0.2) is 31.2 Å². The van der Waals surface area contributed by atoms with E-state index in [1.807, 2.05) is 20.9 Å². The molecule has 0 aliphatic heterocycles. The lowest BCUT2D eigenvalue weighted by atomic mass is 10.1. The molecule has 0 aliphatic rings. The first-order valence-corrected chi connectivity index (χ1v) is 4.00. The molecule has 0 amide bonds. The van der Waals surface area contributed by atoms with Crippen molar-refractivity contribution in [2.45, 2.75) is 32.4 Å². The third kappa shape index (κ3) is 4.31. The second-order valence-electron chi connectivity index (χ2n) is 3.53. The first-order chi connectivity index (χ1) is 5.39. The molecule has 12 heavy (non-hydrogen) atoms. The van der Waals surface area contributed by atoms with Gasteiger partial charge in [0.25, 0.3) is 0 Å². The molecule has 1 atom stereocenters. The fraction of sp³-hybridized carbons (Fsp3) is 0.875. The maximum absolute atomic E-state index is 10.9. The van der Waals surface area contributed by atoms with Crippen LogP contribution in [0.5, 0.6) is 0 Å². The van der Waals surface area contributed by atoms with Gasteiger partial charge in [0.2, 0.25) is 0 Å². The zero-order valence-corrected chi connectivity index (χ0v) is 8.18. The predicted molar refractivity (Wildman–Crippen MR) is 47.7 cm³/mol. The number of nitrogens with one attached hydrogen (secondary N) is 1. The molecule has 0 saturated heterocycles. The molecule has 0 bridgehead atoms. The van der Waals surface area contributed by atoms with Crippen molar-refractivity contribution < 1.29 is 9.53 Å². The van der Waals surface area contributed by atoms with E-state index in [4.69, 9.17) is 10.5 Å². The monoisotopic (exact) mass is 174 g/mol. The zero-order valence-electron chi connectivity index (χ0n) is 8.18. The highest BCUT2D eigenvalue weighted by molar-refractivity contribution is 5.74. The number of carbonyl (C=O) groups excluding carboxylic acids is 1. The Bertz CT molecular complexity index is 155. The maximum Gasteiger partial charge on any atom is 0.322 e. The molecule has 0 heterocycles. The van der Waals surface area contributed by atoms with Crippen molar-refractivity contribution in [2.75, 3.05) is 13.7 Å². The van der Waals surface area contributed by atoms with Crippen LogP contribution in [0.1, 0.15) is 20.8 Å². The molecule has 0 unspecified atom stereocenters. The molecule has 0 radical (unpaired) electrons. The largest absolute Gasteiger partial charge is 0.463 e. The summed E-state index contributed by atoms with van der Waals surface area (Å²) in [7, 11) is 1.82. The lowest BCUT2D eigenvalue weighted by Gasteiger charge is -2.23. The topological polar surface area (TPSA) is 64.3 Å². The van der Waals surface area contributed by atoms with Gasteiger partial charge in [-0.1, -0.05) is 0 Å². The molecule has 0 fully saturated rings. The number of ether oxygens (including phenoxy) is 1. The Morgan fingerprint density at radius 1 is 1.67 bits per heavy atom. The number of hydrogen-bond acceptors (Lipinski definition) is 4. The van der Waals surface area contributed by atoms with Crippen molar-refractivity contribution >= 4 is 5.97 Å². The molecule has 0 aromatic heterocycles. The molecule has 0 aromatic rings. The Kier molecular flexibility index (Phi) is 4.20. The number of esters is 1. The van der Waals surface area contributed by atoms with Crippen LogP contribution in [0.15, 0.2) is 0 Å². The molecular formula is C8H18N2O2. The Morgan fingerprint density at radius 2 is 2.17 bits per heavy atom. The second kappa shape index (κ2) is 4.42. The van der Waals surface area contributed by atoms with Gasteiger partial charge in [-0.25, -0.2) is 0 Å². The molecule has 0 rings (SSSR count). The molecule has 4 nitrogen and oxygen atoms in total. The quantitative estimate of drug-likeness (QED) is 0.583. The number of rotatable bonds is 4. The van der Waals surface area contributed by atoms with Crippen LogP contribution in [0, 0.1) is 0 Å². The molecule has 72 valence electrons. The van der Waals surface area contributed by atoms with E-state index in [0.29, 0.717) is 6.61 Å². The smallest absolute Gasteiger partial charge is 0.322 e. The van der Waals surface area contributed by atoms with Crippen LogP contribution in [0.2, 0.25) is 0 Å². The highest BCUT2D eigenvalue weighted by Gasteiger charge is 2.18. The van der Waals surface area contributed by atoms with Crippen LogP contribution >= 0.6 is 0 Å². The lowest BCUT2D eigenvalue weighted by Crippen LogP contribution is -2.43. The van der Waals surface area contributed by atoms with E-state index in [9.17, 15) is 4.79 Å². The van der Waals surface area contributed by atoms with E-state index in [-0.39, 0.29) is 11.5 Å². The van der Waals surface area contributed by atoms with Gasteiger partial charge in [-0.05, 0) is 27.8 Å². The number of hydrogen-bond donors (Lipinski definition) is 2. The van der Waals surface area contributed by atoms with Crippen LogP contribution in [-0.2, 0) is 9.53 Å². The standard InChI is InChI=1S/C8H18N2O2/c1-6(9)7(11)12-5-8(2,3)10-4/h6,10H,5,9H2,1-4H3/t6-/m0/s1. The molecule has 3 N–H and O–H groups in total. The van der Waals surface area contributed by atoms with Gasteiger partial charge in [0, 0.05) is 5.54 Å². The van der Waals surface area contributed by atoms with E-state index >= 15 is 0 Å². The average Bonchev–Trinajstić information content (AvgIpc) is 2.00. The summed E-state index contributed by atoms with van der Waals surface area (Å²) >= 11 is 0. The molecular weight excluding hydrogens is 156 g/mol. The highest BCUT2D eigenvalue weighted by Crippen LogP contribution is 2.01. The van der Waals surface area contributed by atoms with Gasteiger partial charge >= 0.3 is 5.97 Å². The number of carbonyl (C=O) groups is 1. The minimum atomic E-state index is -0.544. The molecule has 0 spiro atoms. The maximum atomic E-state index is 10.9. The Morgan fingerprint density at radius 3 is 2.50 bits per heavy atom. The van der Waals surface area contributed by atoms with Crippen LogP contribution in [0.25, 0.3) is 0 Å².